The van der Waals surface area contributed by atoms with Crippen molar-refractivity contribution in [2.24, 2.45) is 5.73 Å². The molecule has 0 saturated heterocycles. The van der Waals surface area contributed by atoms with E-state index in [2.05, 4.69) is 10.2 Å². The van der Waals surface area contributed by atoms with Gasteiger partial charge in [0.25, 0.3) is 0 Å². The molecule has 0 spiro atoms. The minimum atomic E-state index is -0.459. The molecule has 0 saturated carbocycles. The lowest BCUT2D eigenvalue weighted by atomic mass is 10.1. The molecule has 1 aliphatic heterocycles. The molecule has 0 radical (unpaired) electrons. The largest absolute Gasteiger partial charge is 0.493 e. The van der Waals surface area contributed by atoms with Gasteiger partial charge in [0.15, 0.2) is 34.0 Å². The molecule has 2 aromatic carbocycles. The van der Waals surface area contributed by atoms with Gasteiger partial charge >= 0.3 is 0 Å². The van der Waals surface area contributed by atoms with Crippen molar-refractivity contribution in [1.82, 2.24) is 14.8 Å². The molecule has 0 unspecified atom stereocenters. The molecular formula is C20H20N4O6S. The number of rotatable bonds is 8. The quantitative estimate of drug-likeness (QED) is 0.522. The average molecular weight is 444 g/mol. The van der Waals surface area contributed by atoms with Gasteiger partial charge in [0.1, 0.15) is 0 Å². The van der Waals surface area contributed by atoms with Crippen molar-refractivity contribution >= 4 is 17.7 Å². The smallest absolute Gasteiger partial charge is 0.231 e. The number of hydrogen-bond donors (Lipinski definition) is 1. The SMILES string of the molecule is COc1cc(-c2nnc(SCC(N)=O)n2-c2ccc3c(c2)OCO3)cc(OC)c1OC. The second-order valence-electron chi connectivity index (χ2n) is 6.35. The second kappa shape index (κ2) is 8.64. The Labute approximate surface area is 182 Å². The van der Waals surface area contributed by atoms with E-state index in [1.165, 1.54) is 33.1 Å². The summed E-state index contributed by atoms with van der Waals surface area (Å²) in [4.78, 5) is 11.3. The maximum atomic E-state index is 11.3. The van der Waals surface area contributed by atoms with Crippen LogP contribution >= 0.6 is 11.8 Å². The zero-order chi connectivity index (χ0) is 22.0. The van der Waals surface area contributed by atoms with Crippen LogP contribution in [0.15, 0.2) is 35.5 Å². The highest BCUT2D eigenvalue weighted by atomic mass is 32.2. The summed E-state index contributed by atoms with van der Waals surface area (Å²) in [6, 6.07) is 9.03. The fourth-order valence-electron chi connectivity index (χ4n) is 3.15. The van der Waals surface area contributed by atoms with Crippen molar-refractivity contribution in [3.05, 3.63) is 30.3 Å². The van der Waals surface area contributed by atoms with Crippen molar-refractivity contribution in [2.75, 3.05) is 33.9 Å². The molecule has 1 aromatic heterocycles. The van der Waals surface area contributed by atoms with Gasteiger partial charge in [-0.25, -0.2) is 0 Å². The standard InChI is InChI=1S/C20H20N4O6S/c1-26-15-6-11(7-16(27-2)18(15)28-3)19-22-23-20(31-9-17(21)25)24(19)12-4-5-13-14(8-12)30-10-29-13/h4-8H,9-10H2,1-3H3,(H2,21,25). The molecule has 162 valence electrons. The van der Waals surface area contributed by atoms with E-state index in [4.69, 9.17) is 29.4 Å². The Morgan fingerprint density at radius 1 is 1.06 bits per heavy atom. The summed E-state index contributed by atoms with van der Waals surface area (Å²) in [7, 11) is 4.61. The van der Waals surface area contributed by atoms with Gasteiger partial charge in [-0.05, 0) is 24.3 Å². The Kier molecular flexibility index (Phi) is 5.76. The molecule has 0 bridgehead atoms. The minimum Gasteiger partial charge on any atom is -0.493 e. The third-order valence-electron chi connectivity index (χ3n) is 4.51. The summed E-state index contributed by atoms with van der Waals surface area (Å²) < 4.78 is 29.1. The van der Waals surface area contributed by atoms with E-state index in [0.29, 0.717) is 45.3 Å². The summed E-state index contributed by atoms with van der Waals surface area (Å²) in [5.74, 6) is 2.77. The molecule has 0 aliphatic carbocycles. The fourth-order valence-corrected chi connectivity index (χ4v) is 3.84. The summed E-state index contributed by atoms with van der Waals surface area (Å²) in [6.07, 6.45) is 0. The van der Waals surface area contributed by atoms with Crippen LogP contribution in [0.2, 0.25) is 0 Å². The zero-order valence-electron chi connectivity index (χ0n) is 17.1. The Morgan fingerprint density at radius 2 is 1.77 bits per heavy atom. The fraction of sp³-hybridized carbons (Fsp3) is 0.250. The van der Waals surface area contributed by atoms with Gasteiger partial charge < -0.3 is 29.4 Å². The maximum Gasteiger partial charge on any atom is 0.231 e. The minimum absolute atomic E-state index is 0.0535. The van der Waals surface area contributed by atoms with Crippen LogP contribution in [0.4, 0.5) is 0 Å². The predicted octanol–water partition coefficient (Wildman–Crippen LogP) is 2.27. The normalized spacial score (nSPS) is 12.0. The molecule has 2 N–H and O–H groups in total. The average Bonchev–Trinajstić information content (AvgIpc) is 3.42. The van der Waals surface area contributed by atoms with Gasteiger partial charge in [-0.15, -0.1) is 10.2 Å². The maximum absolute atomic E-state index is 11.3. The van der Waals surface area contributed by atoms with Gasteiger partial charge in [0.2, 0.25) is 18.4 Å². The first-order valence-electron chi connectivity index (χ1n) is 9.12. The predicted molar refractivity (Wildman–Crippen MR) is 112 cm³/mol. The van der Waals surface area contributed by atoms with Crippen molar-refractivity contribution in [3.63, 3.8) is 0 Å². The van der Waals surface area contributed by atoms with Crippen LogP contribution in [0.3, 0.4) is 0 Å². The van der Waals surface area contributed by atoms with Crippen LogP contribution in [-0.2, 0) is 4.79 Å². The summed E-state index contributed by atoms with van der Waals surface area (Å²) in [6.45, 7) is 0.157. The Hall–Kier alpha value is -3.60. The monoisotopic (exact) mass is 444 g/mol. The van der Waals surface area contributed by atoms with E-state index in [1.54, 1.807) is 22.8 Å². The molecule has 0 atom stereocenters. The number of benzene rings is 2. The zero-order valence-corrected chi connectivity index (χ0v) is 17.9. The third kappa shape index (κ3) is 3.91. The highest BCUT2D eigenvalue weighted by Gasteiger charge is 2.23. The van der Waals surface area contributed by atoms with Crippen LogP contribution in [-0.4, -0.2) is 54.5 Å². The van der Waals surface area contributed by atoms with Crippen LogP contribution in [0.25, 0.3) is 17.1 Å². The van der Waals surface area contributed by atoms with E-state index < -0.39 is 5.91 Å². The summed E-state index contributed by atoms with van der Waals surface area (Å²) in [5.41, 5.74) is 6.73. The number of carbonyl (C=O) groups excluding carboxylic acids is 1. The lowest BCUT2D eigenvalue weighted by Gasteiger charge is -2.15. The second-order valence-corrected chi connectivity index (χ2v) is 7.29. The number of aromatic nitrogens is 3. The number of primary amides is 1. The molecule has 4 rings (SSSR count). The highest BCUT2D eigenvalue weighted by Crippen LogP contribution is 2.42. The number of nitrogens with two attached hydrogens (primary N) is 1. The lowest BCUT2D eigenvalue weighted by Crippen LogP contribution is -2.13. The number of ether oxygens (including phenoxy) is 5. The number of fused-ring (bicyclic) bond motifs is 1. The molecule has 1 aliphatic rings. The van der Waals surface area contributed by atoms with Gasteiger partial charge in [0, 0.05) is 11.6 Å². The molecule has 2 heterocycles. The third-order valence-corrected chi connectivity index (χ3v) is 5.47. The summed E-state index contributed by atoms with van der Waals surface area (Å²) >= 11 is 1.18. The first kappa shape index (κ1) is 20.7. The highest BCUT2D eigenvalue weighted by molar-refractivity contribution is 7.99. The van der Waals surface area contributed by atoms with E-state index in [0.717, 1.165) is 5.69 Å². The van der Waals surface area contributed by atoms with E-state index in [9.17, 15) is 4.79 Å². The number of methoxy groups -OCH3 is 3. The number of nitrogens with zero attached hydrogens (tertiary/aromatic N) is 3. The lowest BCUT2D eigenvalue weighted by molar-refractivity contribution is -0.115. The first-order chi connectivity index (χ1) is 15.0. The first-order valence-corrected chi connectivity index (χ1v) is 10.1. The van der Waals surface area contributed by atoms with Gasteiger partial charge in [-0.1, -0.05) is 11.8 Å². The van der Waals surface area contributed by atoms with E-state index in [1.807, 2.05) is 12.1 Å². The topological polar surface area (TPSA) is 120 Å². The molecule has 0 fully saturated rings. The van der Waals surface area contributed by atoms with Crippen molar-refractivity contribution in [2.45, 2.75) is 5.16 Å². The summed E-state index contributed by atoms with van der Waals surface area (Å²) in [5, 5.41) is 9.12. The van der Waals surface area contributed by atoms with Crippen LogP contribution in [0, 0.1) is 0 Å². The molecule has 10 nitrogen and oxygen atoms in total. The van der Waals surface area contributed by atoms with Gasteiger partial charge in [-0.3, -0.25) is 9.36 Å². The molecule has 11 heteroatoms. The van der Waals surface area contributed by atoms with Crippen molar-refractivity contribution in [1.29, 1.82) is 0 Å². The van der Waals surface area contributed by atoms with Crippen LogP contribution < -0.4 is 29.4 Å². The molecule has 31 heavy (non-hydrogen) atoms. The van der Waals surface area contributed by atoms with E-state index >= 15 is 0 Å². The Bertz CT molecular complexity index is 1110. The van der Waals surface area contributed by atoms with Crippen molar-refractivity contribution < 1.29 is 28.5 Å². The number of amides is 1. The Morgan fingerprint density at radius 3 is 2.42 bits per heavy atom. The number of hydrogen-bond acceptors (Lipinski definition) is 9. The Balaban J connectivity index is 1.88. The van der Waals surface area contributed by atoms with Crippen molar-refractivity contribution in [3.8, 4) is 45.8 Å². The van der Waals surface area contributed by atoms with Crippen LogP contribution in [0.1, 0.15) is 0 Å². The van der Waals surface area contributed by atoms with Gasteiger partial charge in [0.05, 0.1) is 32.8 Å². The van der Waals surface area contributed by atoms with Crippen LogP contribution in [0.5, 0.6) is 28.7 Å². The van der Waals surface area contributed by atoms with E-state index in [-0.39, 0.29) is 12.5 Å². The molecular weight excluding hydrogens is 424 g/mol. The molecule has 3 aromatic rings. The number of carbonyl (C=O) groups is 1. The van der Waals surface area contributed by atoms with Gasteiger partial charge in [-0.2, -0.15) is 0 Å². The molecule has 1 amide bonds. The number of thioether (sulfide) groups is 1.